The second-order valence-corrected chi connectivity index (χ2v) is 10.3. The summed E-state index contributed by atoms with van der Waals surface area (Å²) in [7, 11) is 0. The molecule has 0 saturated carbocycles. The van der Waals surface area contributed by atoms with Crippen LogP contribution >= 0.6 is 11.3 Å². The average Bonchev–Trinajstić information content (AvgIpc) is 3.36. The van der Waals surface area contributed by atoms with Crippen LogP contribution in [0.2, 0.25) is 0 Å². The summed E-state index contributed by atoms with van der Waals surface area (Å²) in [6.07, 6.45) is 2.56. The summed E-state index contributed by atoms with van der Waals surface area (Å²) in [6.45, 7) is 0. The highest BCUT2D eigenvalue weighted by molar-refractivity contribution is 7.25. The van der Waals surface area contributed by atoms with Crippen LogP contribution in [0.15, 0.2) is 131 Å². The van der Waals surface area contributed by atoms with E-state index in [0.717, 1.165) is 34.8 Å². The summed E-state index contributed by atoms with van der Waals surface area (Å²) in [5.41, 5.74) is 6.57. The highest BCUT2D eigenvalue weighted by atomic mass is 32.1. The normalized spacial score (nSPS) is 15.5. The molecule has 6 aromatic rings. The minimum Gasteiger partial charge on any atom is -0.259 e. The fourth-order valence-corrected chi connectivity index (χ4v) is 6.26. The van der Waals surface area contributed by atoms with Gasteiger partial charge in [-0.1, -0.05) is 84.9 Å². The van der Waals surface area contributed by atoms with E-state index in [9.17, 15) is 0 Å². The van der Waals surface area contributed by atoms with Crippen molar-refractivity contribution in [3.05, 3.63) is 138 Å². The zero-order chi connectivity index (χ0) is 24.6. The van der Waals surface area contributed by atoms with Crippen LogP contribution in [0.3, 0.4) is 0 Å². The van der Waals surface area contributed by atoms with Crippen molar-refractivity contribution in [2.75, 3.05) is 0 Å². The van der Waals surface area contributed by atoms with Gasteiger partial charge in [-0.25, -0.2) is 4.99 Å². The molecule has 1 aliphatic heterocycles. The maximum atomic E-state index is 5.24. The molecule has 1 atom stereocenters. The van der Waals surface area contributed by atoms with E-state index in [0.29, 0.717) is 0 Å². The first-order chi connectivity index (χ1) is 18.3. The maximum absolute atomic E-state index is 5.24. The number of aliphatic imine (C=N–C) groups is 2. The smallest absolute Gasteiger partial charge is 0.156 e. The Morgan fingerprint density at radius 2 is 1.38 bits per heavy atom. The Labute approximate surface area is 219 Å². The van der Waals surface area contributed by atoms with Gasteiger partial charge in [0, 0.05) is 38.4 Å². The number of rotatable bonds is 4. The maximum Gasteiger partial charge on any atom is 0.156 e. The number of thiophene rings is 1. The van der Waals surface area contributed by atoms with Gasteiger partial charge in [-0.15, -0.1) is 11.3 Å². The molecule has 0 bridgehead atoms. The summed E-state index contributed by atoms with van der Waals surface area (Å²) in [5.74, 6) is 0.770. The van der Waals surface area contributed by atoms with Crippen LogP contribution in [0.1, 0.15) is 29.3 Å². The van der Waals surface area contributed by atoms with Gasteiger partial charge < -0.3 is 0 Å². The van der Waals surface area contributed by atoms with Crippen LogP contribution in [-0.2, 0) is 0 Å². The lowest BCUT2D eigenvalue weighted by atomic mass is 9.95. The number of amidine groups is 1. The van der Waals surface area contributed by atoms with Gasteiger partial charge in [0.15, 0.2) is 5.84 Å². The number of nitrogens with zero attached hydrogens (tertiary/aromatic N) is 3. The van der Waals surface area contributed by atoms with Crippen LogP contribution in [0.4, 0.5) is 0 Å². The van der Waals surface area contributed by atoms with Crippen molar-refractivity contribution in [2.45, 2.75) is 12.5 Å². The molecule has 3 nitrogen and oxygen atoms in total. The van der Waals surface area contributed by atoms with E-state index in [1.807, 2.05) is 35.7 Å². The van der Waals surface area contributed by atoms with E-state index in [-0.39, 0.29) is 6.04 Å². The van der Waals surface area contributed by atoms with Gasteiger partial charge in [-0.2, -0.15) is 0 Å². The molecule has 176 valence electrons. The fraction of sp³-hybridized carbons (Fsp3) is 0.0606. The van der Waals surface area contributed by atoms with Gasteiger partial charge in [0.2, 0.25) is 0 Å². The van der Waals surface area contributed by atoms with E-state index >= 15 is 0 Å². The predicted molar refractivity (Wildman–Crippen MR) is 156 cm³/mol. The first-order valence-corrected chi connectivity index (χ1v) is 13.3. The molecule has 0 aliphatic carbocycles. The molecule has 1 unspecified atom stereocenters. The molecular weight excluding hydrogens is 470 g/mol. The third-order valence-electron chi connectivity index (χ3n) is 6.87. The SMILES string of the molecule is c1ccc(C2=NC(c3cc(-c4ccccc4)cc4sc5ccccc5c34)=NC(c3ccccn3)C2)cc1. The molecule has 4 heteroatoms. The lowest BCUT2D eigenvalue weighted by Crippen LogP contribution is -2.18. The van der Waals surface area contributed by atoms with Crippen molar-refractivity contribution < 1.29 is 0 Å². The van der Waals surface area contributed by atoms with Crippen molar-refractivity contribution in [1.82, 2.24) is 4.98 Å². The molecular formula is C33H23N3S. The van der Waals surface area contributed by atoms with Gasteiger partial charge in [0.1, 0.15) is 0 Å². The Morgan fingerprint density at radius 3 is 2.16 bits per heavy atom. The van der Waals surface area contributed by atoms with Gasteiger partial charge in [0.05, 0.1) is 17.4 Å². The molecule has 0 saturated heterocycles. The Bertz CT molecular complexity index is 1790. The topological polar surface area (TPSA) is 37.6 Å². The number of hydrogen-bond donors (Lipinski definition) is 0. The Morgan fingerprint density at radius 1 is 0.649 bits per heavy atom. The second kappa shape index (κ2) is 9.23. The average molecular weight is 494 g/mol. The first kappa shape index (κ1) is 21.8. The van der Waals surface area contributed by atoms with Gasteiger partial charge in [-0.3, -0.25) is 9.98 Å². The molecule has 7 rings (SSSR count). The molecule has 0 radical (unpaired) electrons. The lowest BCUT2D eigenvalue weighted by molar-refractivity contribution is 0.725. The summed E-state index contributed by atoms with van der Waals surface area (Å²) < 4.78 is 2.52. The molecule has 0 amide bonds. The molecule has 0 fully saturated rings. The molecule has 0 spiro atoms. The number of pyridine rings is 1. The molecule has 1 aliphatic rings. The van der Waals surface area contributed by atoms with Crippen LogP contribution in [0, 0.1) is 0 Å². The van der Waals surface area contributed by atoms with Crippen LogP contribution in [0.25, 0.3) is 31.3 Å². The Balaban J connectivity index is 1.51. The van der Waals surface area contributed by atoms with Crippen LogP contribution < -0.4 is 0 Å². The molecule has 37 heavy (non-hydrogen) atoms. The number of benzene rings is 4. The van der Waals surface area contributed by atoms with Crippen molar-refractivity contribution in [3.63, 3.8) is 0 Å². The van der Waals surface area contributed by atoms with Crippen molar-refractivity contribution in [1.29, 1.82) is 0 Å². The van der Waals surface area contributed by atoms with E-state index in [1.54, 1.807) is 0 Å². The van der Waals surface area contributed by atoms with Crippen molar-refractivity contribution in [2.24, 2.45) is 9.98 Å². The van der Waals surface area contributed by atoms with Crippen LogP contribution in [-0.4, -0.2) is 16.5 Å². The number of fused-ring (bicyclic) bond motifs is 3. The quantitative estimate of drug-likeness (QED) is 0.243. The number of aromatic nitrogens is 1. The van der Waals surface area contributed by atoms with E-state index < -0.39 is 0 Å². The second-order valence-electron chi connectivity index (χ2n) is 9.21. The zero-order valence-corrected chi connectivity index (χ0v) is 20.9. The van der Waals surface area contributed by atoms with Crippen molar-refractivity contribution in [3.8, 4) is 11.1 Å². The Kier molecular flexibility index (Phi) is 5.45. The highest BCUT2D eigenvalue weighted by Gasteiger charge is 2.25. The van der Waals surface area contributed by atoms with E-state index in [1.165, 1.54) is 31.3 Å². The molecule has 2 aromatic heterocycles. The fourth-order valence-electron chi connectivity index (χ4n) is 5.09. The third-order valence-corrected chi connectivity index (χ3v) is 7.99. The minimum atomic E-state index is -0.0933. The monoisotopic (exact) mass is 493 g/mol. The lowest BCUT2D eigenvalue weighted by Gasteiger charge is -2.21. The zero-order valence-electron chi connectivity index (χ0n) is 20.1. The van der Waals surface area contributed by atoms with Gasteiger partial charge in [0.25, 0.3) is 0 Å². The molecule has 0 N–H and O–H groups in total. The minimum absolute atomic E-state index is 0.0933. The van der Waals surface area contributed by atoms with Gasteiger partial charge in [-0.05, 0) is 47.0 Å². The van der Waals surface area contributed by atoms with Crippen molar-refractivity contribution >= 4 is 43.1 Å². The highest BCUT2D eigenvalue weighted by Crippen LogP contribution is 2.40. The third kappa shape index (κ3) is 4.05. The summed E-state index contributed by atoms with van der Waals surface area (Å²) in [4.78, 5) is 15.1. The predicted octanol–water partition coefficient (Wildman–Crippen LogP) is 8.50. The standard InChI is InChI=1S/C33H23N3S/c1-3-11-22(12-4-1)24-19-26(32-25-15-7-8-17-30(25)37-31(32)20-24)33-35-28(23-13-5-2-6-14-23)21-29(36-33)27-16-9-10-18-34-27/h1-20,29H,21H2. The Hall–Kier alpha value is -4.41. The largest absolute Gasteiger partial charge is 0.259 e. The summed E-state index contributed by atoms with van der Waals surface area (Å²) in [6, 6.07) is 40.2. The van der Waals surface area contributed by atoms with Crippen LogP contribution in [0.5, 0.6) is 0 Å². The van der Waals surface area contributed by atoms with E-state index in [4.69, 9.17) is 9.98 Å². The molecule has 4 aromatic carbocycles. The van der Waals surface area contributed by atoms with Gasteiger partial charge >= 0.3 is 0 Å². The van der Waals surface area contributed by atoms with E-state index in [2.05, 4.69) is 102 Å². The first-order valence-electron chi connectivity index (χ1n) is 12.5. The summed E-state index contributed by atoms with van der Waals surface area (Å²) >= 11 is 1.83. The molecule has 3 heterocycles. The number of hydrogen-bond acceptors (Lipinski definition) is 4. The summed E-state index contributed by atoms with van der Waals surface area (Å²) in [5, 5.41) is 2.47.